The van der Waals surface area contributed by atoms with Crippen molar-refractivity contribution in [2.45, 2.75) is 113 Å². The first-order valence-corrected chi connectivity index (χ1v) is 20.9. The predicted octanol–water partition coefficient (Wildman–Crippen LogP) is 3.08. The highest BCUT2D eigenvalue weighted by molar-refractivity contribution is 7.91. The molecule has 3 saturated carbocycles. The molecule has 3 heterocycles. The topological polar surface area (TPSA) is 171 Å². The largest absolute Gasteiger partial charge is 0.444 e. The van der Waals surface area contributed by atoms with E-state index in [1.807, 2.05) is 0 Å². The third-order valence-electron chi connectivity index (χ3n) is 12.4. The van der Waals surface area contributed by atoms with Crippen LogP contribution in [-0.2, 0) is 33.9 Å². The Labute approximate surface area is 306 Å². The van der Waals surface area contributed by atoms with Crippen LogP contribution in [0.2, 0.25) is 0 Å². The molecule has 284 valence electrons. The summed E-state index contributed by atoms with van der Waals surface area (Å²) in [5.41, 5.74) is -0.266. The molecule has 13 nitrogen and oxygen atoms in total. The predicted molar refractivity (Wildman–Crippen MR) is 192 cm³/mol. The first-order chi connectivity index (χ1) is 25.0. The van der Waals surface area contributed by atoms with Crippen LogP contribution >= 0.6 is 0 Å². The van der Waals surface area contributed by atoms with Crippen molar-refractivity contribution in [3.8, 4) is 0 Å². The summed E-state index contributed by atoms with van der Waals surface area (Å²) >= 11 is 0. The van der Waals surface area contributed by atoms with Gasteiger partial charge in [-0.15, -0.1) is 6.58 Å². The van der Waals surface area contributed by atoms with Crippen LogP contribution in [0.25, 0.3) is 0 Å². The Balaban J connectivity index is 1.14. The molecule has 4 aliphatic carbocycles. The van der Waals surface area contributed by atoms with Crippen LogP contribution in [-0.4, -0.2) is 97.1 Å². The van der Waals surface area contributed by atoms with Crippen LogP contribution in [0.4, 0.5) is 4.79 Å². The highest BCUT2D eigenvalue weighted by Gasteiger charge is 2.62. The maximum absolute atomic E-state index is 14.7. The summed E-state index contributed by atoms with van der Waals surface area (Å²) in [6.45, 7) is 5.32. The fourth-order valence-electron chi connectivity index (χ4n) is 9.07. The summed E-state index contributed by atoms with van der Waals surface area (Å²) < 4.78 is 33.6. The average Bonchev–Trinajstić information content (AvgIpc) is 4.02. The zero-order valence-electron chi connectivity index (χ0n) is 29.9. The highest BCUT2D eigenvalue weighted by atomic mass is 32.2. The van der Waals surface area contributed by atoms with Gasteiger partial charge in [-0.1, -0.05) is 55.6 Å². The third-order valence-corrected chi connectivity index (χ3v) is 14.2. The zero-order chi connectivity index (χ0) is 36.6. The molecule has 2 unspecified atom stereocenters. The van der Waals surface area contributed by atoms with E-state index in [1.165, 1.54) is 16.5 Å². The maximum atomic E-state index is 14.7. The molecule has 0 radical (unpaired) electrons. The molecule has 52 heavy (non-hydrogen) atoms. The van der Waals surface area contributed by atoms with Crippen molar-refractivity contribution in [1.82, 2.24) is 25.2 Å². The van der Waals surface area contributed by atoms with Crippen molar-refractivity contribution in [3.05, 3.63) is 36.5 Å². The molecule has 0 aromatic rings. The lowest BCUT2D eigenvalue weighted by atomic mass is 9.77. The summed E-state index contributed by atoms with van der Waals surface area (Å²) in [6.07, 6.45) is 16.2. The Morgan fingerprint density at radius 2 is 1.73 bits per heavy atom. The summed E-state index contributed by atoms with van der Waals surface area (Å²) in [7, 11) is -3.88. The fraction of sp³-hybridized carbons (Fsp3) is 0.711. The number of carbonyl (C=O) groups excluding carboxylic acids is 5. The number of allylic oxidation sites excluding steroid dienone is 2. The summed E-state index contributed by atoms with van der Waals surface area (Å²) in [6, 6.07) is -1.10. The zero-order valence-corrected chi connectivity index (χ0v) is 30.7. The second-order valence-corrected chi connectivity index (χ2v) is 18.1. The molecular formula is C38H53N5O8S. The van der Waals surface area contributed by atoms with Crippen LogP contribution in [0.1, 0.15) is 89.9 Å². The highest BCUT2D eigenvalue weighted by Crippen LogP contribution is 2.46. The Kier molecular flexibility index (Phi) is 10.6. The monoisotopic (exact) mass is 739 g/mol. The number of amides is 5. The molecule has 7 atom stereocenters. The van der Waals surface area contributed by atoms with Gasteiger partial charge in [-0.25, -0.2) is 13.2 Å². The fourth-order valence-corrected chi connectivity index (χ4v) is 10.4. The minimum absolute atomic E-state index is 0.00304. The van der Waals surface area contributed by atoms with Crippen molar-refractivity contribution in [2.75, 3.05) is 26.2 Å². The van der Waals surface area contributed by atoms with Gasteiger partial charge in [0.1, 0.15) is 17.7 Å². The average molecular weight is 740 g/mol. The van der Waals surface area contributed by atoms with E-state index >= 15 is 0 Å². The lowest BCUT2D eigenvalue weighted by molar-refractivity contribution is -0.146. The smallest absolute Gasteiger partial charge is 0.410 e. The Morgan fingerprint density at radius 1 is 0.981 bits per heavy atom. The van der Waals surface area contributed by atoms with E-state index in [0.717, 1.165) is 57.8 Å². The van der Waals surface area contributed by atoms with E-state index in [1.54, 1.807) is 4.90 Å². The van der Waals surface area contributed by atoms with Crippen LogP contribution in [0.5, 0.6) is 0 Å². The molecule has 7 rings (SSSR count). The van der Waals surface area contributed by atoms with E-state index in [4.69, 9.17) is 4.74 Å². The number of hydrogen-bond acceptors (Lipinski definition) is 8. The van der Waals surface area contributed by atoms with E-state index in [0.29, 0.717) is 32.5 Å². The first-order valence-electron chi connectivity index (χ1n) is 19.4. The van der Waals surface area contributed by atoms with Gasteiger partial charge < -0.3 is 25.2 Å². The normalized spacial score (nSPS) is 34.6. The maximum Gasteiger partial charge on any atom is 0.410 e. The molecule has 14 heteroatoms. The third kappa shape index (κ3) is 7.82. The number of fused-ring (bicyclic) bond motifs is 3. The Hall–Kier alpha value is -3.68. The van der Waals surface area contributed by atoms with Gasteiger partial charge in [0.15, 0.2) is 0 Å². The summed E-state index contributed by atoms with van der Waals surface area (Å²) in [5, 5.41) is 5.22. The molecule has 3 N–H and O–H groups in total. The molecule has 3 aliphatic heterocycles. The number of sulfonamides is 1. The van der Waals surface area contributed by atoms with Gasteiger partial charge in [0.05, 0.1) is 11.8 Å². The van der Waals surface area contributed by atoms with Crippen molar-refractivity contribution < 1.29 is 37.1 Å². The second-order valence-electron chi connectivity index (χ2n) is 16.1. The lowest BCUT2D eigenvalue weighted by Gasteiger charge is -2.34. The van der Waals surface area contributed by atoms with E-state index in [-0.39, 0.29) is 55.4 Å². The van der Waals surface area contributed by atoms with Gasteiger partial charge in [-0.3, -0.25) is 23.9 Å². The number of rotatable bonds is 7. The lowest BCUT2D eigenvalue weighted by Crippen LogP contribution is -2.57. The van der Waals surface area contributed by atoms with Crippen LogP contribution in [0.15, 0.2) is 36.5 Å². The Bertz CT molecular complexity index is 1630. The molecule has 5 fully saturated rings. The minimum Gasteiger partial charge on any atom is -0.444 e. The van der Waals surface area contributed by atoms with Crippen LogP contribution in [0.3, 0.4) is 0 Å². The van der Waals surface area contributed by atoms with E-state index in [2.05, 4.69) is 40.2 Å². The van der Waals surface area contributed by atoms with Crippen molar-refractivity contribution >= 4 is 39.7 Å². The van der Waals surface area contributed by atoms with E-state index in [9.17, 15) is 32.4 Å². The SMILES string of the molecule is C=C[C@@H]1C[C@]1(NC(=O)[C@@H]1C[C@@H]2CN1C(=O)[C@H](C1CCCCC1)CC(=O)NCCCCCC1=CC3CN(CC3C=C1)C(=O)O2)C(=O)NS(=O)(=O)C1CC1. The van der Waals surface area contributed by atoms with Crippen molar-refractivity contribution in [3.63, 3.8) is 0 Å². The van der Waals surface area contributed by atoms with Gasteiger partial charge in [0, 0.05) is 56.1 Å². The van der Waals surface area contributed by atoms with Gasteiger partial charge in [-0.2, -0.15) is 0 Å². The second kappa shape index (κ2) is 15.0. The number of carbonyl (C=O) groups is 5. The van der Waals surface area contributed by atoms with E-state index < -0.39 is 62.7 Å². The molecule has 7 aliphatic rings. The quantitative estimate of drug-likeness (QED) is 0.335. The summed E-state index contributed by atoms with van der Waals surface area (Å²) in [5.74, 6) is -2.80. The first kappa shape index (κ1) is 36.7. The molecule has 2 saturated heterocycles. The number of nitrogens with zero attached hydrogens (tertiary/aromatic N) is 2. The minimum atomic E-state index is -3.88. The van der Waals surface area contributed by atoms with Crippen LogP contribution in [0, 0.1) is 29.6 Å². The Morgan fingerprint density at radius 3 is 2.46 bits per heavy atom. The molecule has 0 aromatic heterocycles. The molecule has 5 amide bonds. The van der Waals surface area contributed by atoms with Gasteiger partial charge in [0.25, 0.3) is 5.91 Å². The number of ether oxygens (including phenoxy) is 1. The van der Waals surface area contributed by atoms with Crippen molar-refractivity contribution in [1.29, 1.82) is 0 Å². The van der Waals surface area contributed by atoms with Gasteiger partial charge in [-0.05, 0) is 57.3 Å². The molecule has 0 aromatic carbocycles. The number of hydrogen-bond donors (Lipinski definition) is 3. The molecular weight excluding hydrogens is 687 g/mol. The van der Waals surface area contributed by atoms with Gasteiger partial charge >= 0.3 is 6.09 Å². The number of nitrogens with one attached hydrogen (secondary N) is 3. The molecule has 0 spiro atoms. The molecule has 5 bridgehead atoms. The van der Waals surface area contributed by atoms with Crippen molar-refractivity contribution in [2.24, 2.45) is 29.6 Å². The van der Waals surface area contributed by atoms with Crippen LogP contribution < -0.4 is 15.4 Å². The van der Waals surface area contributed by atoms with Gasteiger partial charge in [0.2, 0.25) is 27.7 Å². The standard InChI is InChI=1S/C38H53N5O8S/c1-2-28-20-38(28,36(47)41-52(49,50)30-14-15-30)40-34(45)32-18-29-23-43(32)35(46)31(25-10-6-3-7-11-25)19-33(44)39-16-8-4-5-9-24-12-13-26-21-42(37(48)51-29)22-27(26)17-24/h2,12-13,17,25-32H,1,3-11,14-16,18-23H2,(H,39,44)(H,40,45)(H,41,47)/t26?,27?,28-,29-,31+,32+,38-/m1/s1. The summed E-state index contributed by atoms with van der Waals surface area (Å²) in [4.78, 5) is 72.5.